The summed E-state index contributed by atoms with van der Waals surface area (Å²) in [5.74, 6) is 2.19. The molecule has 0 saturated carbocycles. The van der Waals surface area contributed by atoms with E-state index in [9.17, 15) is 0 Å². The number of aromatic nitrogens is 3. The predicted octanol–water partition coefficient (Wildman–Crippen LogP) is 6.40. The van der Waals surface area contributed by atoms with Crippen molar-refractivity contribution in [2.45, 2.75) is 20.1 Å². The van der Waals surface area contributed by atoms with Crippen molar-refractivity contribution in [1.82, 2.24) is 14.9 Å². The van der Waals surface area contributed by atoms with Gasteiger partial charge in [0.2, 0.25) is 4.77 Å². The maximum atomic E-state index is 6.30. The molecular weight excluding hydrogens is 456 g/mol. The predicted molar refractivity (Wildman–Crippen MR) is 142 cm³/mol. The lowest BCUT2D eigenvalue weighted by Gasteiger charge is -2.17. The van der Waals surface area contributed by atoms with Gasteiger partial charge in [-0.2, -0.15) is 5.10 Å². The maximum absolute atomic E-state index is 6.30. The Balaban J connectivity index is 1.48. The molecular formula is C28H26N4O2S. The molecule has 0 aliphatic rings. The summed E-state index contributed by atoms with van der Waals surface area (Å²) in [6.45, 7) is 3.06. The molecule has 176 valence electrons. The first-order valence-electron chi connectivity index (χ1n) is 11.4. The minimum absolute atomic E-state index is 0.466. The molecule has 1 heterocycles. The van der Waals surface area contributed by atoms with Crippen molar-refractivity contribution in [1.29, 1.82) is 0 Å². The number of fused-ring (bicyclic) bond motifs is 1. The van der Waals surface area contributed by atoms with Crippen molar-refractivity contribution in [2.75, 3.05) is 12.5 Å². The molecule has 5 rings (SSSR count). The maximum Gasteiger partial charge on any atom is 0.214 e. The molecule has 4 aromatic carbocycles. The Morgan fingerprint density at radius 1 is 0.914 bits per heavy atom. The molecule has 0 bridgehead atoms. The van der Waals surface area contributed by atoms with Crippen LogP contribution in [0.5, 0.6) is 11.5 Å². The number of hydrogen-bond donors (Lipinski definition) is 2. The Labute approximate surface area is 209 Å². The Kier molecular flexibility index (Phi) is 6.50. The lowest BCUT2D eigenvalue weighted by atomic mass is 10.0. The van der Waals surface area contributed by atoms with Crippen molar-refractivity contribution in [3.63, 3.8) is 0 Å². The van der Waals surface area contributed by atoms with E-state index in [4.69, 9.17) is 21.7 Å². The van der Waals surface area contributed by atoms with E-state index in [1.54, 1.807) is 11.8 Å². The normalized spacial score (nSPS) is 10.9. The highest BCUT2D eigenvalue weighted by Crippen LogP contribution is 2.31. The number of rotatable bonds is 8. The Morgan fingerprint density at radius 2 is 1.69 bits per heavy atom. The van der Waals surface area contributed by atoms with E-state index in [1.807, 2.05) is 42.5 Å². The summed E-state index contributed by atoms with van der Waals surface area (Å²) in [6, 6.07) is 28.5. The summed E-state index contributed by atoms with van der Waals surface area (Å²) in [5.41, 5.74) is 7.68. The van der Waals surface area contributed by atoms with E-state index in [0.717, 1.165) is 39.0 Å². The molecule has 0 fully saturated rings. The Bertz CT molecular complexity index is 1520. The van der Waals surface area contributed by atoms with Crippen LogP contribution in [0.15, 0.2) is 84.9 Å². The van der Waals surface area contributed by atoms with Crippen LogP contribution in [0.4, 0.5) is 0 Å². The van der Waals surface area contributed by atoms with Crippen LogP contribution in [0, 0.1) is 11.7 Å². The Hall–Kier alpha value is -4.10. The van der Waals surface area contributed by atoms with Gasteiger partial charge in [0.25, 0.3) is 0 Å². The molecule has 5 aromatic rings. The van der Waals surface area contributed by atoms with E-state index in [2.05, 4.69) is 65.0 Å². The standard InChI is InChI=1S/C28H26N4O2S/c1-19-11-13-20(14-12-19)18-34-26-16-15-21-7-3-4-8-22(21)24(26)17-29-32-27(30-31-28(32)35)23-9-5-6-10-25(23)33-2/h3-16,29H,17-18H2,1-2H3,(H,31,35). The molecule has 6 nitrogen and oxygen atoms in total. The number of nitrogens with zero attached hydrogens (tertiary/aromatic N) is 2. The number of hydrogen-bond acceptors (Lipinski definition) is 5. The number of para-hydroxylation sites is 1. The Morgan fingerprint density at radius 3 is 2.51 bits per heavy atom. The number of ether oxygens (including phenoxy) is 2. The van der Waals surface area contributed by atoms with Crippen molar-refractivity contribution < 1.29 is 9.47 Å². The highest BCUT2D eigenvalue weighted by Gasteiger charge is 2.15. The molecule has 0 spiro atoms. The van der Waals surface area contributed by atoms with E-state index < -0.39 is 0 Å². The van der Waals surface area contributed by atoms with Crippen LogP contribution in [0.25, 0.3) is 22.2 Å². The third-order valence-corrected chi connectivity index (χ3v) is 6.22. The zero-order valence-electron chi connectivity index (χ0n) is 19.6. The minimum Gasteiger partial charge on any atom is -0.496 e. The zero-order chi connectivity index (χ0) is 24.2. The zero-order valence-corrected chi connectivity index (χ0v) is 20.4. The average molecular weight is 483 g/mol. The second-order valence-electron chi connectivity index (χ2n) is 8.26. The fourth-order valence-corrected chi connectivity index (χ4v) is 4.29. The van der Waals surface area contributed by atoms with Gasteiger partial charge in [-0.25, -0.2) is 9.77 Å². The molecule has 35 heavy (non-hydrogen) atoms. The second kappa shape index (κ2) is 10.0. The molecule has 0 aliphatic heterocycles. The van der Waals surface area contributed by atoms with Crippen LogP contribution < -0.4 is 14.9 Å². The summed E-state index contributed by atoms with van der Waals surface area (Å²) in [5, 5.41) is 9.61. The minimum atomic E-state index is 0.466. The van der Waals surface area contributed by atoms with Gasteiger partial charge in [0.05, 0.1) is 19.2 Å². The molecule has 7 heteroatoms. The molecule has 1 aromatic heterocycles. The largest absolute Gasteiger partial charge is 0.496 e. The monoisotopic (exact) mass is 482 g/mol. The van der Waals surface area contributed by atoms with Gasteiger partial charge in [0.1, 0.15) is 18.1 Å². The van der Waals surface area contributed by atoms with Gasteiger partial charge in [0.15, 0.2) is 5.82 Å². The number of H-pyrrole nitrogens is 1. The van der Waals surface area contributed by atoms with Crippen molar-refractivity contribution in [3.8, 4) is 22.9 Å². The van der Waals surface area contributed by atoms with Gasteiger partial charge >= 0.3 is 0 Å². The van der Waals surface area contributed by atoms with Crippen LogP contribution in [-0.2, 0) is 13.2 Å². The first kappa shape index (κ1) is 22.7. The number of aromatic amines is 1. The fourth-order valence-electron chi connectivity index (χ4n) is 4.09. The molecule has 0 unspecified atom stereocenters. The first-order chi connectivity index (χ1) is 17.1. The molecule has 0 saturated heterocycles. The number of benzene rings is 4. The summed E-state index contributed by atoms with van der Waals surface area (Å²) in [7, 11) is 1.64. The molecule has 0 radical (unpaired) electrons. The average Bonchev–Trinajstić information content (AvgIpc) is 3.27. The van der Waals surface area contributed by atoms with Gasteiger partial charge in [-0.1, -0.05) is 72.3 Å². The SMILES string of the molecule is COc1ccccc1-c1n[nH]c(=S)n1NCc1c(OCc2ccc(C)cc2)ccc2ccccc12. The third kappa shape index (κ3) is 4.76. The van der Waals surface area contributed by atoms with Crippen molar-refractivity contribution >= 4 is 23.0 Å². The highest BCUT2D eigenvalue weighted by molar-refractivity contribution is 7.71. The van der Waals surface area contributed by atoms with E-state index in [1.165, 1.54) is 5.56 Å². The van der Waals surface area contributed by atoms with E-state index >= 15 is 0 Å². The quantitative estimate of drug-likeness (QED) is 0.251. The van der Waals surface area contributed by atoms with Crippen LogP contribution in [0.3, 0.4) is 0 Å². The van der Waals surface area contributed by atoms with E-state index in [-0.39, 0.29) is 0 Å². The van der Waals surface area contributed by atoms with Crippen LogP contribution in [-0.4, -0.2) is 22.0 Å². The number of methoxy groups -OCH3 is 1. The summed E-state index contributed by atoms with van der Waals surface area (Å²) >= 11 is 5.53. The lowest BCUT2D eigenvalue weighted by Crippen LogP contribution is -2.17. The van der Waals surface area contributed by atoms with Gasteiger partial charge in [0, 0.05) is 5.56 Å². The summed E-state index contributed by atoms with van der Waals surface area (Å²) in [4.78, 5) is 0. The van der Waals surface area contributed by atoms with Crippen molar-refractivity contribution in [3.05, 3.63) is 106 Å². The van der Waals surface area contributed by atoms with Crippen LogP contribution in [0.2, 0.25) is 0 Å². The fraction of sp³-hybridized carbons (Fsp3) is 0.143. The number of aryl methyl sites for hydroxylation is 1. The van der Waals surface area contributed by atoms with Crippen LogP contribution in [0.1, 0.15) is 16.7 Å². The first-order valence-corrected chi connectivity index (χ1v) is 11.8. The van der Waals surface area contributed by atoms with Gasteiger partial charge < -0.3 is 14.9 Å². The van der Waals surface area contributed by atoms with Crippen LogP contribution >= 0.6 is 12.2 Å². The molecule has 0 atom stereocenters. The highest BCUT2D eigenvalue weighted by atomic mass is 32.1. The smallest absolute Gasteiger partial charge is 0.214 e. The van der Waals surface area contributed by atoms with Gasteiger partial charge in [-0.05, 0) is 53.7 Å². The summed E-state index contributed by atoms with van der Waals surface area (Å²) in [6.07, 6.45) is 0. The third-order valence-electron chi connectivity index (χ3n) is 5.95. The van der Waals surface area contributed by atoms with Gasteiger partial charge in [-0.15, -0.1) is 0 Å². The lowest BCUT2D eigenvalue weighted by molar-refractivity contribution is 0.303. The summed E-state index contributed by atoms with van der Waals surface area (Å²) < 4.78 is 14.1. The van der Waals surface area contributed by atoms with Gasteiger partial charge in [-0.3, -0.25) is 0 Å². The second-order valence-corrected chi connectivity index (χ2v) is 8.65. The molecule has 0 aliphatic carbocycles. The number of nitrogens with one attached hydrogen (secondary N) is 2. The molecule has 2 N–H and O–H groups in total. The van der Waals surface area contributed by atoms with E-state index in [0.29, 0.717) is 23.7 Å². The topological polar surface area (TPSA) is 64.1 Å². The van der Waals surface area contributed by atoms with Crippen molar-refractivity contribution in [2.24, 2.45) is 0 Å². The molecule has 0 amide bonds.